The molecule has 0 fully saturated rings. The summed E-state index contributed by atoms with van der Waals surface area (Å²) >= 11 is 0. The second-order valence-corrected chi connectivity index (χ2v) is 6.76. The molecule has 0 unspecified atom stereocenters. The predicted molar refractivity (Wildman–Crippen MR) is 106 cm³/mol. The summed E-state index contributed by atoms with van der Waals surface area (Å²) < 4.78 is 11.1. The van der Waals surface area contributed by atoms with Gasteiger partial charge in [-0.05, 0) is 47.4 Å². The molecule has 3 aromatic rings. The summed E-state index contributed by atoms with van der Waals surface area (Å²) in [6.45, 7) is 1.78. The van der Waals surface area contributed by atoms with Crippen LogP contribution in [-0.2, 0) is 13.0 Å². The van der Waals surface area contributed by atoms with Gasteiger partial charge in [0.15, 0.2) is 11.5 Å². The van der Waals surface area contributed by atoms with Crippen molar-refractivity contribution in [3.63, 3.8) is 0 Å². The van der Waals surface area contributed by atoms with E-state index in [-0.39, 0.29) is 6.04 Å². The van der Waals surface area contributed by atoms with Crippen LogP contribution >= 0.6 is 0 Å². The van der Waals surface area contributed by atoms with E-state index in [1.165, 1.54) is 16.7 Å². The topological polar surface area (TPSA) is 34.6 Å². The lowest BCUT2D eigenvalue weighted by Crippen LogP contribution is -2.36. The Hall–Kier alpha value is -2.85. The number of fused-ring (bicyclic) bond motifs is 1. The lowest BCUT2D eigenvalue weighted by Gasteiger charge is -2.38. The largest absolute Gasteiger partial charge is 0.493 e. The van der Waals surface area contributed by atoms with Gasteiger partial charge < -0.3 is 9.47 Å². The summed E-state index contributed by atoms with van der Waals surface area (Å²) in [5, 5.41) is 0. The van der Waals surface area contributed by atoms with Crippen molar-refractivity contribution in [1.82, 2.24) is 9.88 Å². The molecule has 0 amide bonds. The van der Waals surface area contributed by atoms with E-state index in [1.807, 2.05) is 18.3 Å². The summed E-state index contributed by atoms with van der Waals surface area (Å²) in [6, 6.07) is 21.2. The molecule has 0 radical (unpaired) electrons. The summed E-state index contributed by atoms with van der Waals surface area (Å²) in [6.07, 6.45) is 2.84. The first-order valence-electron chi connectivity index (χ1n) is 9.24. The van der Waals surface area contributed by atoms with E-state index in [0.29, 0.717) is 0 Å². The number of hydrogen-bond acceptors (Lipinski definition) is 4. The molecule has 4 heteroatoms. The van der Waals surface area contributed by atoms with E-state index >= 15 is 0 Å². The van der Waals surface area contributed by atoms with Gasteiger partial charge in [0.25, 0.3) is 0 Å². The number of nitrogens with zero attached hydrogens (tertiary/aromatic N) is 2. The third-order valence-electron chi connectivity index (χ3n) is 5.18. The fourth-order valence-corrected chi connectivity index (χ4v) is 3.89. The Morgan fingerprint density at radius 3 is 2.41 bits per heavy atom. The van der Waals surface area contributed by atoms with Gasteiger partial charge in [-0.15, -0.1) is 0 Å². The van der Waals surface area contributed by atoms with Gasteiger partial charge in [-0.3, -0.25) is 9.88 Å². The molecule has 4 nitrogen and oxygen atoms in total. The van der Waals surface area contributed by atoms with Gasteiger partial charge in [-0.25, -0.2) is 0 Å². The van der Waals surface area contributed by atoms with Crippen LogP contribution < -0.4 is 9.47 Å². The van der Waals surface area contributed by atoms with Crippen molar-refractivity contribution in [3.8, 4) is 11.5 Å². The van der Waals surface area contributed by atoms with E-state index in [0.717, 1.165) is 36.7 Å². The highest BCUT2D eigenvalue weighted by atomic mass is 16.5. The zero-order valence-corrected chi connectivity index (χ0v) is 15.8. The Labute approximate surface area is 160 Å². The minimum Gasteiger partial charge on any atom is -0.493 e. The van der Waals surface area contributed by atoms with Crippen molar-refractivity contribution in [1.29, 1.82) is 0 Å². The van der Waals surface area contributed by atoms with Gasteiger partial charge in [0.2, 0.25) is 0 Å². The van der Waals surface area contributed by atoms with Gasteiger partial charge in [0, 0.05) is 19.3 Å². The minimum absolute atomic E-state index is 0.164. The number of hydrogen-bond donors (Lipinski definition) is 0. The third kappa shape index (κ3) is 3.53. The third-order valence-corrected chi connectivity index (χ3v) is 5.18. The van der Waals surface area contributed by atoms with E-state index in [1.54, 1.807) is 14.2 Å². The van der Waals surface area contributed by atoms with Gasteiger partial charge in [0.1, 0.15) is 0 Å². The molecule has 0 N–H and O–H groups in total. The molecule has 2 aromatic carbocycles. The van der Waals surface area contributed by atoms with Crippen LogP contribution in [0.15, 0.2) is 66.9 Å². The molecule has 0 saturated carbocycles. The molecule has 2 heterocycles. The van der Waals surface area contributed by atoms with Gasteiger partial charge >= 0.3 is 0 Å². The second kappa shape index (κ2) is 7.80. The molecule has 0 aliphatic carbocycles. The second-order valence-electron chi connectivity index (χ2n) is 6.76. The quantitative estimate of drug-likeness (QED) is 0.681. The van der Waals surface area contributed by atoms with Crippen LogP contribution in [0.1, 0.15) is 28.4 Å². The van der Waals surface area contributed by atoms with Crippen molar-refractivity contribution in [2.45, 2.75) is 19.0 Å². The molecule has 0 saturated heterocycles. The van der Waals surface area contributed by atoms with Crippen molar-refractivity contribution in [2.75, 3.05) is 20.8 Å². The molecule has 0 spiro atoms. The Morgan fingerprint density at radius 2 is 1.70 bits per heavy atom. The lowest BCUT2D eigenvalue weighted by molar-refractivity contribution is 0.201. The highest BCUT2D eigenvalue weighted by molar-refractivity contribution is 5.51. The number of ether oxygens (including phenoxy) is 2. The lowest BCUT2D eigenvalue weighted by atomic mass is 9.87. The maximum Gasteiger partial charge on any atom is 0.161 e. The molecule has 1 aliphatic rings. The van der Waals surface area contributed by atoms with Crippen molar-refractivity contribution < 1.29 is 9.47 Å². The van der Waals surface area contributed by atoms with E-state index in [2.05, 4.69) is 58.4 Å². The number of methoxy groups -OCH3 is 2. The van der Waals surface area contributed by atoms with Crippen LogP contribution in [0, 0.1) is 0 Å². The first kappa shape index (κ1) is 17.6. The highest BCUT2D eigenvalue weighted by Crippen LogP contribution is 2.41. The fraction of sp³-hybridized carbons (Fsp3) is 0.261. The molecule has 0 bridgehead atoms. The van der Waals surface area contributed by atoms with Crippen molar-refractivity contribution in [2.24, 2.45) is 0 Å². The average molecular weight is 360 g/mol. The SMILES string of the molecule is COc1cc2c(cc1OC)[C@@H](c1ccccc1)N(Cc1ccccn1)CC2. The summed E-state index contributed by atoms with van der Waals surface area (Å²) in [7, 11) is 3.38. The Morgan fingerprint density at radius 1 is 0.963 bits per heavy atom. The normalized spacial score (nSPS) is 16.6. The van der Waals surface area contributed by atoms with Gasteiger partial charge in [-0.1, -0.05) is 36.4 Å². The zero-order valence-electron chi connectivity index (χ0n) is 15.8. The minimum atomic E-state index is 0.164. The number of rotatable bonds is 5. The molecule has 1 atom stereocenters. The molecule has 1 aromatic heterocycles. The van der Waals surface area contributed by atoms with Crippen LogP contribution in [0.5, 0.6) is 11.5 Å². The zero-order chi connectivity index (χ0) is 18.6. The van der Waals surface area contributed by atoms with E-state index in [9.17, 15) is 0 Å². The Bertz CT molecular complexity index is 897. The van der Waals surface area contributed by atoms with Crippen LogP contribution in [0.3, 0.4) is 0 Å². The van der Waals surface area contributed by atoms with E-state index in [4.69, 9.17) is 9.47 Å². The Balaban J connectivity index is 1.79. The number of aromatic nitrogens is 1. The van der Waals surface area contributed by atoms with E-state index < -0.39 is 0 Å². The van der Waals surface area contributed by atoms with Crippen LogP contribution in [0.25, 0.3) is 0 Å². The molecule has 1 aliphatic heterocycles. The predicted octanol–water partition coefficient (Wildman–Crippen LogP) is 4.25. The standard InChI is InChI=1S/C23H24N2O2/c1-26-21-14-18-11-13-25(16-19-10-6-7-12-24-19)23(17-8-4-3-5-9-17)20(18)15-22(21)27-2/h3-10,12,14-15,23H,11,13,16H2,1-2H3/t23-/m1/s1. The molecular formula is C23H24N2O2. The first-order chi connectivity index (χ1) is 13.3. The smallest absolute Gasteiger partial charge is 0.161 e. The summed E-state index contributed by atoms with van der Waals surface area (Å²) in [5.41, 5.74) is 4.96. The maximum absolute atomic E-state index is 5.58. The Kier molecular flexibility index (Phi) is 5.07. The maximum atomic E-state index is 5.58. The first-order valence-corrected chi connectivity index (χ1v) is 9.24. The number of pyridine rings is 1. The van der Waals surface area contributed by atoms with Crippen molar-refractivity contribution in [3.05, 3.63) is 89.2 Å². The molecule has 27 heavy (non-hydrogen) atoms. The molecule has 138 valence electrons. The van der Waals surface area contributed by atoms with Gasteiger partial charge in [-0.2, -0.15) is 0 Å². The van der Waals surface area contributed by atoms with Crippen LogP contribution in [0.2, 0.25) is 0 Å². The van der Waals surface area contributed by atoms with Crippen molar-refractivity contribution >= 4 is 0 Å². The highest BCUT2D eigenvalue weighted by Gasteiger charge is 2.30. The number of benzene rings is 2. The van der Waals surface area contributed by atoms with Gasteiger partial charge in [0.05, 0.1) is 26.0 Å². The molecule has 4 rings (SSSR count). The van der Waals surface area contributed by atoms with Crippen LogP contribution in [0.4, 0.5) is 0 Å². The summed E-state index contributed by atoms with van der Waals surface area (Å²) in [5.74, 6) is 1.57. The average Bonchev–Trinajstić information content (AvgIpc) is 2.74. The molecular weight excluding hydrogens is 336 g/mol. The van der Waals surface area contributed by atoms with Crippen LogP contribution in [-0.4, -0.2) is 30.6 Å². The monoisotopic (exact) mass is 360 g/mol. The summed E-state index contributed by atoms with van der Waals surface area (Å²) in [4.78, 5) is 7.02. The fourth-order valence-electron chi connectivity index (χ4n) is 3.89.